The minimum atomic E-state index is -1.14. The van der Waals surface area contributed by atoms with Crippen molar-refractivity contribution in [2.45, 2.75) is 38.8 Å². The van der Waals surface area contributed by atoms with E-state index in [2.05, 4.69) is 17.2 Å². The second-order valence-electron chi connectivity index (χ2n) is 7.03. The number of carbonyl (C=O) groups excluding carboxylic acids is 2. The zero-order valence-corrected chi connectivity index (χ0v) is 16.5. The summed E-state index contributed by atoms with van der Waals surface area (Å²) in [4.78, 5) is 43.8. The number of benzene rings is 1. The number of nitrogens with zero attached hydrogens (tertiary/aromatic N) is 3. The fourth-order valence-corrected chi connectivity index (χ4v) is 4.20. The highest BCUT2D eigenvalue weighted by Crippen LogP contribution is 2.30. The highest BCUT2D eigenvalue weighted by atomic mass is 32.1. The van der Waals surface area contributed by atoms with Crippen molar-refractivity contribution in [3.05, 3.63) is 69.1 Å². The molecule has 4 rings (SSSR count). The van der Waals surface area contributed by atoms with Gasteiger partial charge in [0, 0.05) is 17.6 Å². The van der Waals surface area contributed by atoms with Gasteiger partial charge in [-0.15, -0.1) is 11.3 Å². The number of aryl methyl sites for hydroxylation is 1. The summed E-state index contributed by atoms with van der Waals surface area (Å²) in [6.07, 6.45) is 3.66. The Bertz CT molecular complexity index is 1120. The van der Waals surface area contributed by atoms with Gasteiger partial charge in [0.05, 0.1) is 12.2 Å². The van der Waals surface area contributed by atoms with Crippen LogP contribution in [-0.2, 0) is 23.3 Å². The molecule has 0 saturated carbocycles. The third-order valence-electron chi connectivity index (χ3n) is 5.02. The maximum Gasteiger partial charge on any atom is 0.325 e. The molecule has 0 bridgehead atoms. The molecule has 3 amide bonds. The van der Waals surface area contributed by atoms with E-state index in [4.69, 9.17) is 0 Å². The lowest BCUT2D eigenvalue weighted by molar-refractivity contribution is -0.131. The molecule has 1 fully saturated rings. The van der Waals surface area contributed by atoms with Gasteiger partial charge in [0.2, 0.25) is 0 Å². The summed E-state index contributed by atoms with van der Waals surface area (Å²) in [7, 11) is 0. The van der Waals surface area contributed by atoms with Gasteiger partial charge in [-0.25, -0.2) is 9.78 Å². The Morgan fingerprint density at radius 3 is 2.64 bits per heavy atom. The Kier molecular flexibility index (Phi) is 4.50. The highest BCUT2D eigenvalue weighted by Gasteiger charge is 2.49. The number of nitrogens with one attached hydrogen (secondary N) is 1. The second kappa shape index (κ2) is 6.87. The molecule has 0 unspecified atom stereocenters. The average Bonchev–Trinajstić information content (AvgIpc) is 3.22. The van der Waals surface area contributed by atoms with Gasteiger partial charge < -0.3 is 5.32 Å². The number of urea groups is 1. The zero-order valence-electron chi connectivity index (χ0n) is 15.6. The molecule has 7 nitrogen and oxygen atoms in total. The molecule has 1 aliphatic rings. The molecule has 3 aromatic rings. The van der Waals surface area contributed by atoms with Crippen molar-refractivity contribution < 1.29 is 9.59 Å². The quantitative estimate of drug-likeness (QED) is 0.672. The van der Waals surface area contributed by atoms with Crippen LogP contribution < -0.4 is 10.9 Å². The molecular weight excluding hydrogens is 376 g/mol. The van der Waals surface area contributed by atoms with Gasteiger partial charge in [0.25, 0.3) is 11.5 Å². The average molecular weight is 396 g/mol. The fourth-order valence-electron chi connectivity index (χ4n) is 3.46. The summed E-state index contributed by atoms with van der Waals surface area (Å²) in [5.41, 5.74) is 0.942. The van der Waals surface area contributed by atoms with Crippen molar-refractivity contribution >= 4 is 28.2 Å². The van der Waals surface area contributed by atoms with E-state index < -0.39 is 11.6 Å². The summed E-state index contributed by atoms with van der Waals surface area (Å²) in [5.74, 6) is -0.353. The highest BCUT2D eigenvalue weighted by molar-refractivity contribution is 7.15. The van der Waals surface area contributed by atoms with E-state index >= 15 is 0 Å². The monoisotopic (exact) mass is 396 g/mol. The van der Waals surface area contributed by atoms with Crippen LogP contribution >= 0.6 is 11.3 Å². The maximum atomic E-state index is 13.1. The molecule has 1 atom stereocenters. The topological polar surface area (TPSA) is 83.8 Å². The van der Waals surface area contributed by atoms with Crippen LogP contribution in [0.15, 0.2) is 46.7 Å². The molecule has 1 N–H and O–H groups in total. The first kappa shape index (κ1) is 18.4. The number of hydrogen-bond acceptors (Lipinski definition) is 5. The molecule has 8 heteroatoms. The molecule has 1 aliphatic heterocycles. The number of amides is 3. The molecule has 0 radical (unpaired) electrons. The van der Waals surface area contributed by atoms with E-state index in [0.29, 0.717) is 10.7 Å². The Hall–Kier alpha value is -3.00. The Balaban J connectivity index is 1.61. The van der Waals surface area contributed by atoms with Crippen LogP contribution in [0.2, 0.25) is 0 Å². The van der Waals surface area contributed by atoms with Crippen LogP contribution in [0.4, 0.5) is 4.79 Å². The molecule has 3 heterocycles. The summed E-state index contributed by atoms with van der Waals surface area (Å²) >= 11 is 1.32. The number of carbonyl (C=O) groups is 2. The smallest absolute Gasteiger partial charge is 0.319 e. The minimum Gasteiger partial charge on any atom is -0.319 e. The molecule has 1 saturated heterocycles. The predicted octanol–water partition coefficient (Wildman–Crippen LogP) is 2.68. The van der Waals surface area contributed by atoms with Crippen molar-refractivity contribution in [2.24, 2.45) is 0 Å². The number of hydrogen-bond donors (Lipinski definition) is 1. The Morgan fingerprint density at radius 1 is 1.18 bits per heavy atom. The van der Waals surface area contributed by atoms with Crippen LogP contribution in [0.1, 0.15) is 37.1 Å². The third kappa shape index (κ3) is 2.99. The first-order chi connectivity index (χ1) is 13.4. The van der Waals surface area contributed by atoms with E-state index in [1.54, 1.807) is 18.5 Å². The lowest BCUT2D eigenvalue weighted by atomic mass is 9.91. The standard InChI is InChI=1S/C20H20N4O3S/c1-3-4-13-5-7-14(8-6-13)20(2)17(26)24(18(27)22-20)12-15-11-16(25)23-9-10-28-19(23)21-15/h5-11H,3-4,12H2,1-2H3,(H,22,27)/t20-/m0/s1. The summed E-state index contributed by atoms with van der Waals surface area (Å²) in [5, 5.41) is 4.56. The number of rotatable bonds is 5. The maximum absolute atomic E-state index is 13.1. The van der Waals surface area contributed by atoms with Crippen LogP contribution in [-0.4, -0.2) is 26.2 Å². The lowest BCUT2D eigenvalue weighted by Crippen LogP contribution is -2.40. The second-order valence-corrected chi connectivity index (χ2v) is 7.91. The van der Waals surface area contributed by atoms with E-state index in [1.807, 2.05) is 24.3 Å². The van der Waals surface area contributed by atoms with Gasteiger partial charge in [-0.05, 0) is 24.5 Å². The molecular formula is C20H20N4O3S. The number of imide groups is 1. The van der Waals surface area contributed by atoms with Crippen LogP contribution in [0, 0.1) is 0 Å². The van der Waals surface area contributed by atoms with Crippen LogP contribution in [0.5, 0.6) is 0 Å². The number of fused-ring (bicyclic) bond motifs is 1. The van der Waals surface area contributed by atoms with Crippen molar-refractivity contribution in [2.75, 3.05) is 0 Å². The summed E-state index contributed by atoms with van der Waals surface area (Å²) in [6.45, 7) is 3.77. The Labute approximate surface area is 165 Å². The van der Waals surface area contributed by atoms with Crippen molar-refractivity contribution in [1.29, 1.82) is 0 Å². The van der Waals surface area contributed by atoms with Gasteiger partial charge >= 0.3 is 6.03 Å². The molecule has 2 aromatic heterocycles. The van der Waals surface area contributed by atoms with Gasteiger partial charge in [0.15, 0.2) is 4.96 Å². The number of aromatic nitrogens is 2. The minimum absolute atomic E-state index is 0.0438. The Morgan fingerprint density at radius 2 is 1.93 bits per heavy atom. The summed E-state index contributed by atoms with van der Waals surface area (Å²) in [6, 6.07) is 8.61. The normalized spacial score (nSPS) is 19.4. The predicted molar refractivity (Wildman–Crippen MR) is 106 cm³/mol. The van der Waals surface area contributed by atoms with Gasteiger partial charge in [-0.2, -0.15) is 0 Å². The van der Waals surface area contributed by atoms with Gasteiger partial charge in [0.1, 0.15) is 5.54 Å². The first-order valence-electron chi connectivity index (χ1n) is 9.11. The lowest BCUT2D eigenvalue weighted by Gasteiger charge is -2.22. The van der Waals surface area contributed by atoms with Gasteiger partial charge in [-0.1, -0.05) is 37.6 Å². The molecule has 0 spiro atoms. The summed E-state index contributed by atoms with van der Waals surface area (Å²) < 4.78 is 1.43. The van der Waals surface area contributed by atoms with E-state index in [0.717, 1.165) is 23.3 Å². The van der Waals surface area contributed by atoms with E-state index in [1.165, 1.54) is 27.4 Å². The van der Waals surface area contributed by atoms with Crippen molar-refractivity contribution in [3.63, 3.8) is 0 Å². The van der Waals surface area contributed by atoms with Crippen LogP contribution in [0.25, 0.3) is 4.96 Å². The number of thiazole rings is 1. The van der Waals surface area contributed by atoms with E-state index in [-0.39, 0.29) is 18.0 Å². The van der Waals surface area contributed by atoms with Crippen molar-refractivity contribution in [1.82, 2.24) is 19.6 Å². The van der Waals surface area contributed by atoms with Crippen LogP contribution in [0.3, 0.4) is 0 Å². The molecule has 0 aliphatic carbocycles. The van der Waals surface area contributed by atoms with Gasteiger partial charge in [-0.3, -0.25) is 18.9 Å². The third-order valence-corrected chi connectivity index (χ3v) is 5.78. The largest absolute Gasteiger partial charge is 0.325 e. The van der Waals surface area contributed by atoms with E-state index in [9.17, 15) is 14.4 Å². The fraction of sp³-hybridized carbons (Fsp3) is 0.300. The van der Waals surface area contributed by atoms with Crippen molar-refractivity contribution in [3.8, 4) is 0 Å². The first-order valence-corrected chi connectivity index (χ1v) is 9.99. The molecule has 144 valence electrons. The molecule has 28 heavy (non-hydrogen) atoms. The SMILES string of the molecule is CCCc1ccc([C@]2(C)NC(=O)N(Cc3cc(=O)n4ccsc4n3)C2=O)cc1. The molecule has 1 aromatic carbocycles. The zero-order chi connectivity index (χ0) is 19.9.